The van der Waals surface area contributed by atoms with Gasteiger partial charge < -0.3 is 19.4 Å². The van der Waals surface area contributed by atoms with E-state index in [0.717, 1.165) is 44.1 Å². The molecule has 0 radical (unpaired) electrons. The molecule has 1 aliphatic heterocycles. The van der Waals surface area contributed by atoms with Gasteiger partial charge in [0.05, 0.1) is 38.3 Å². The number of ether oxygens (including phenoxy) is 1. The summed E-state index contributed by atoms with van der Waals surface area (Å²) in [7, 11) is 0. The van der Waals surface area contributed by atoms with Gasteiger partial charge in [0.25, 0.3) is 5.91 Å². The minimum Gasteiger partial charge on any atom is -0.463 e. The van der Waals surface area contributed by atoms with Crippen LogP contribution in [-0.4, -0.2) is 55.1 Å². The van der Waals surface area contributed by atoms with Crippen LogP contribution >= 0.6 is 0 Å². The lowest BCUT2D eigenvalue weighted by Gasteiger charge is -2.23. The van der Waals surface area contributed by atoms with E-state index in [1.165, 1.54) is 4.90 Å². The first-order valence-corrected chi connectivity index (χ1v) is 9.61. The second-order valence-electron chi connectivity index (χ2n) is 7.01. The zero-order chi connectivity index (χ0) is 19.3. The van der Waals surface area contributed by atoms with Crippen LogP contribution in [0.1, 0.15) is 16.1 Å². The van der Waals surface area contributed by atoms with E-state index in [1.54, 1.807) is 17.0 Å². The van der Waals surface area contributed by atoms with Crippen molar-refractivity contribution in [2.75, 3.05) is 39.4 Å². The maximum atomic E-state index is 12.9. The number of nitrogens with one attached hydrogen (secondary N) is 2. The highest BCUT2D eigenvalue weighted by atomic mass is 16.5. The van der Waals surface area contributed by atoms with E-state index >= 15 is 0 Å². The van der Waals surface area contributed by atoms with Crippen molar-refractivity contribution in [3.8, 4) is 17.1 Å². The molecule has 1 aliphatic rings. The van der Waals surface area contributed by atoms with Crippen LogP contribution in [-0.2, 0) is 4.74 Å². The van der Waals surface area contributed by atoms with Gasteiger partial charge in [-0.05, 0) is 36.8 Å². The van der Waals surface area contributed by atoms with Gasteiger partial charge in [0, 0.05) is 6.07 Å². The van der Waals surface area contributed by atoms with Crippen LogP contribution in [0.2, 0.25) is 0 Å². The number of quaternary nitrogens is 1. The van der Waals surface area contributed by atoms with Crippen molar-refractivity contribution < 1.29 is 18.8 Å². The number of carbonyl (C=O) groups excluding carboxylic acids is 1. The average molecular weight is 381 g/mol. The van der Waals surface area contributed by atoms with Crippen molar-refractivity contribution in [3.63, 3.8) is 0 Å². The number of hydrogen-bond acceptors (Lipinski definition) is 4. The fraction of sp³-hybridized carbons (Fsp3) is 0.333. The standard InChI is InChI=1S/C21H24N4O3/c1-16-4-2-5-17(14-16)25-19(15-18(23-25)20-6-3-11-28-20)21(26)22-7-8-24-9-12-27-13-10-24/h2-6,11,14-15H,7-10,12-13H2,1H3,(H,22,26)/p+1. The van der Waals surface area contributed by atoms with Crippen LogP contribution in [0.4, 0.5) is 0 Å². The van der Waals surface area contributed by atoms with Crippen LogP contribution in [0.15, 0.2) is 53.1 Å². The molecule has 1 fully saturated rings. The van der Waals surface area contributed by atoms with Gasteiger partial charge in [0.2, 0.25) is 0 Å². The molecule has 0 spiro atoms. The highest BCUT2D eigenvalue weighted by Crippen LogP contribution is 2.22. The van der Waals surface area contributed by atoms with Crippen LogP contribution in [0.25, 0.3) is 17.1 Å². The van der Waals surface area contributed by atoms with Gasteiger partial charge in [-0.15, -0.1) is 0 Å². The summed E-state index contributed by atoms with van der Waals surface area (Å²) in [6, 6.07) is 13.4. The number of nitrogens with zero attached hydrogens (tertiary/aromatic N) is 2. The lowest BCUT2D eigenvalue weighted by molar-refractivity contribution is -0.906. The Kier molecular flexibility index (Phi) is 5.55. The molecule has 4 rings (SSSR count). The Morgan fingerprint density at radius 2 is 2.07 bits per heavy atom. The topological polar surface area (TPSA) is 73.7 Å². The molecule has 0 bridgehead atoms. The Morgan fingerprint density at radius 3 is 2.82 bits per heavy atom. The molecule has 2 aromatic heterocycles. The smallest absolute Gasteiger partial charge is 0.270 e. The molecule has 28 heavy (non-hydrogen) atoms. The normalized spacial score (nSPS) is 14.9. The number of amides is 1. The van der Waals surface area contributed by atoms with Crippen molar-refractivity contribution in [2.45, 2.75) is 6.92 Å². The molecule has 3 heterocycles. The first-order chi connectivity index (χ1) is 13.7. The van der Waals surface area contributed by atoms with Crippen molar-refractivity contribution >= 4 is 5.91 Å². The van der Waals surface area contributed by atoms with Gasteiger partial charge >= 0.3 is 0 Å². The Morgan fingerprint density at radius 1 is 1.21 bits per heavy atom. The molecular weight excluding hydrogens is 356 g/mol. The third-order valence-corrected chi connectivity index (χ3v) is 4.93. The molecule has 0 saturated carbocycles. The molecule has 0 atom stereocenters. The number of aromatic nitrogens is 2. The highest BCUT2D eigenvalue weighted by molar-refractivity contribution is 5.94. The average Bonchev–Trinajstić information content (AvgIpc) is 3.38. The number of morpholine rings is 1. The first kappa shape index (κ1) is 18.5. The summed E-state index contributed by atoms with van der Waals surface area (Å²) >= 11 is 0. The van der Waals surface area contributed by atoms with Gasteiger partial charge in [-0.1, -0.05) is 12.1 Å². The van der Waals surface area contributed by atoms with Crippen molar-refractivity contribution in [1.29, 1.82) is 0 Å². The van der Waals surface area contributed by atoms with Crippen molar-refractivity contribution in [2.24, 2.45) is 0 Å². The SMILES string of the molecule is Cc1cccc(-n2nc(-c3ccco3)cc2C(=O)NCC[NH+]2CCOCC2)c1. The van der Waals surface area contributed by atoms with E-state index in [2.05, 4.69) is 10.4 Å². The van der Waals surface area contributed by atoms with Gasteiger partial charge in [-0.25, -0.2) is 4.68 Å². The quantitative estimate of drug-likeness (QED) is 0.670. The summed E-state index contributed by atoms with van der Waals surface area (Å²) < 4.78 is 12.5. The fourth-order valence-electron chi connectivity index (χ4n) is 3.40. The minimum atomic E-state index is -0.139. The summed E-state index contributed by atoms with van der Waals surface area (Å²) in [5, 5.41) is 7.66. The zero-order valence-corrected chi connectivity index (χ0v) is 16.0. The van der Waals surface area contributed by atoms with Crippen molar-refractivity contribution in [1.82, 2.24) is 15.1 Å². The number of aryl methyl sites for hydroxylation is 1. The largest absolute Gasteiger partial charge is 0.463 e. The monoisotopic (exact) mass is 381 g/mol. The molecule has 3 aromatic rings. The lowest BCUT2D eigenvalue weighted by atomic mass is 10.2. The maximum Gasteiger partial charge on any atom is 0.270 e. The van der Waals surface area contributed by atoms with Gasteiger partial charge in [0.15, 0.2) is 5.76 Å². The van der Waals surface area contributed by atoms with E-state index in [9.17, 15) is 4.79 Å². The van der Waals surface area contributed by atoms with Crippen molar-refractivity contribution in [3.05, 3.63) is 60.0 Å². The maximum absolute atomic E-state index is 12.9. The second kappa shape index (κ2) is 8.41. The number of furan rings is 1. The molecule has 0 unspecified atom stereocenters. The Balaban J connectivity index is 1.54. The predicted molar refractivity (Wildman–Crippen MR) is 105 cm³/mol. The number of benzene rings is 1. The molecule has 2 N–H and O–H groups in total. The molecule has 7 heteroatoms. The third-order valence-electron chi connectivity index (χ3n) is 4.93. The van der Waals surface area contributed by atoms with E-state index < -0.39 is 0 Å². The Bertz CT molecular complexity index is 927. The summed E-state index contributed by atoms with van der Waals surface area (Å²) in [6.07, 6.45) is 1.60. The first-order valence-electron chi connectivity index (χ1n) is 9.61. The predicted octanol–water partition coefficient (Wildman–Crippen LogP) is 1.09. The second-order valence-corrected chi connectivity index (χ2v) is 7.01. The van der Waals surface area contributed by atoms with E-state index in [4.69, 9.17) is 9.15 Å². The number of hydrogen-bond donors (Lipinski definition) is 2. The summed E-state index contributed by atoms with van der Waals surface area (Å²) in [5.41, 5.74) is 3.08. The van der Waals surface area contributed by atoms with Gasteiger partial charge in [-0.3, -0.25) is 4.79 Å². The molecular formula is C21H25N4O3+. The molecule has 0 aliphatic carbocycles. The van der Waals surface area contributed by atoms with E-state index in [1.807, 2.05) is 43.3 Å². The lowest BCUT2D eigenvalue weighted by Crippen LogP contribution is -3.14. The number of rotatable bonds is 6. The minimum absolute atomic E-state index is 0.139. The van der Waals surface area contributed by atoms with Crippen LogP contribution in [0.5, 0.6) is 0 Å². The number of carbonyl (C=O) groups is 1. The van der Waals surface area contributed by atoms with Crippen LogP contribution in [0, 0.1) is 6.92 Å². The van der Waals surface area contributed by atoms with E-state index in [0.29, 0.717) is 23.7 Å². The molecule has 1 saturated heterocycles. The van der Waals surface area contributed by atoms with Gasteiger partial charge in [0.1, 0.15) is 24.5 Å². The summed E-state index contributed by atoms with van der Waals surface area (Å²) in [5.74, 6) is 0.498. The highest BCUT2D eigenvalue weighted by Gasteiger charge is 2.20. The fourth-order valence-corrected chi connectivity index (χ4v) is 3.40. The van der Waals surface area contributed by atoms with Crippen LogP contribution in [0.3, 0.4) is 0 Å². The molecule has 1 amide bonds. The van der Waals surface area contributed by atoms with Crippen LogP contribution < -0.4 is 10.2 Å². The molecule has 1 aromatic carbocycles. The summed E-state index contributed by atoms with van der Waals surface area (Å²) in [4.78, 5) is 14.4. The third kappa shape index (κ3) is 4.16. The van der Waals surface area contributed by atoms with Gasteiger partial charge in [-0.2, -0.15) is 5.10 Å². The van der Waals surface area contributed by atoms with E-state index in [-0.39, 0.29) is 5.91 Å². The Labute approximate surface area is 163 Å². The summed E-state index contributed by atoms with van der Waals surface area (Å²) in [6.45, 7) is 7.07. The molecule has 146 valence electrons. The zero-order valence-electron chi connectivity index (χ0n) is 16.0. The molecule has 7 nitrogen and oxygen atoms in total. The Hall–Kier alpha value is -2.90.